The van der Waals surface area contributed by atoms with Gasteiger partial charge in [0.1, 0.15) is 0 Å². The zero-order valence-electron chi connectivity index (χ0n) is 19.2. The lowest BCUT2D eigenvalue weighted by Crippen LogP contribution is -2.53. The number of carbonyl (C=O) groups is 1. The van der Waals surface area contributed by atoms with Crippen LogP contribution in [0.15, 0.2) is 77.7 Å². The summed E-state index contributed by atoms with van der Waals surface area (Å²) in [4.78, 5) is 17.2. The summed E-state index contributed by atoms with van der Waals surface area (Å²) in [7, 11) is -3.59. The molecule has 33 heavy (non-hydrogen) atoms. The summed E-state index contributed by atoms with van der Waals surface area (Å²) in [6.45, 7) is 6.63. The number of nitrogens with zero attached hydrogens (tertiary/aromatic N) is 3. The average molecular weight is 466 g/mol. The Morgan fingerprint density at radius 3 is 2.18 bits per heavy atom. The number of benzene rings is 3. The summed E-state index contributed by atoms with van der Waals surface area (Å²) in [5.74, 6) is 0.0439. The molecule has 1 saturated heterocycles. The Balaban J connectivity index is 1.38. The minimum Gasteiger partial charge on any atom is -0.339 e. The van der Waals surface area contributed by atoms with Crippen LogP contribution in [0.5, 0.6) is 0 Å². The number of hydrogen-bond acceptors (Lipinski definition) is 4. The Morgan fingerprint density at radius 1 is 0.879 bits per heavy atom. The van der Waals surface area contributed by atoms with Gasteiger partial charge in [-0.2, -0.15) is 4.31 Å². The van der Waals surface area contributed by atoms with Crippen LogP contribution < -0.4 is 0 Å². The van der Waals surface area contributed by atoms with Crippen molar-refractivity contribution in [2.75, 3.05) is 32.7 Å². The first-order valence-corrected chi connectivity index (χ1v) is 12.8. The van der Waals surface area contributed by atoms with E-state index in [2.05, 4.69) is 30.9 Å². The molecule has 0 N–H and O–H groups in total. The molecule has 0 atom stereocenters. The van der Waals surface area contributed by atoms with Crippen LogP contribution in [0.2, 0.25) is 0 Å². The van der Waals surface area contributed by atoms with Gasteiger partial charge >= 0.3 is 0 Å². The minimum absolute atomic E-state index is 0.0439. The van der Waals surface area contributed by atoms with Gasteiger partial charge in [0.25, 0.3) is 0 Å². The summed E-state index contributed by atoms with van der Waals surface area (Å²) in [6, 6.07) is 23.3. The van der Waals surface area contributed by atoms with Gasteiger partial charge in [0.15, 0.2) is 0 Å². The van der Waals surface area contributed by atoms with Crippen molar-refractivity contribution in [1.29, 1.82) is 0 Å². The molecule has 174 valence electrons. The summed E-state index contributed by atoms with van der Waals surface area (Å²) in [6.07, 6.45) is 0. The number of carbonyl (C=O) groups excluding carboxylic acids is 1. The van der Waals surface area contributed by atoms with Gasteiger partial charge in [-0.15, -0.1) is 0 Å². The van der Waals surface area contributed by atoms with Gasteiger partial charge < -0.3 is 4.90 Å². The molecule has 1 amide bonds. The monoisotopic (exact) mass is 465 g/mol. The molecule has 3 aromatic carbocycles. The molecule has 0 spiro atoms. The number of sulfonamides is 1. The van der Waals surface area contributed by atoms with Crippen LogP contribution in [0.25, 0.3) is 10.8 Å². The second-order valence-electron chi connectivity index (χ2n) is 8.78. The van der Waals surface area contributed by atoms with Crippen molar-refractivity contribution in [3.05, 3.63) is 78.4 Å². The minimum atomic E-state index is -3.59. The van der Waals surface area contributed by atoms with Gasteiger partial charge in [0.2, 0.25) is 15.9 Å². The van der Waals surface area contributed by atoms with E-state index in [4.69, 9.17) is 0 Å². The zero-order valence-corrected chi connectivity index (χ0v) is 20.0. The summed E-state index contributed by atoms with van der Waals surface area (Å²) < 4.78 is 27.9. The highest BCUT2D eigenvalue weighted by Gasteiger charge is 2.31. The average Bonchev–Trinajstić information content (AvgIpc) is 2.84. The smallest absolute Gasteiger partial charge is 0.243 e. The first-order valence-electron chi connectivity index (χ1n) is 11.4. The van der Waals surface area contributed by atoms with Gasteiger partial charge in [0, 0.05) is 38.8 Å². The first-order chi connectivity index (χ1) is 15.8. The fourth-order valence-electron chi connectivity index (χ4n) is 4.17. The normalized spacial score (nSPS) is 15.5. The van der Waals surface area contributed by atoms with Crippen LogP contribution >= 0.6 is 0 Å². The van der Waals surface area contributed by atoms with E-state index in [9.17, 15) is 13.2 Å². The molecule has 1 aliphatic rings. The highest BCUT2D eigenvalue weighted by Crippen LogP contribution is 2.23. The zero-order chi connectivity index (χ0) is 23.4. The van der Waals surface area contributed by atoms with E-state index >= 15 is 0 Å². The van der Waals surface area contributed by atoms with E-state index < -0.39 is 10.0 Å². The molecule has 0 aromatic heterocycles. The lowest BCUT2D eigenvalue weighted by Gasteiger charge is -2.36. The van der Waals surface area contributed by atoms with Crippen molar-refractivity contribution in [3.63, 3.8) is 0 Å². The van der Waals surface area contributed by atoms with Gasteiger partial charge in [-0.25, -0.2) is 8.42 Å². The predicted octanol–water partition coefficient (Wildman–Crippen LogP) is 3.58. The van der Waals surface area contributed by atoms with Crippen molar-refractivity contribution in [2.24, 2.45) is 0 Å². The van der Waals surface area contributed by atoms with Crippen LogP contribution in [0, 0.1) is 0 Å². The van der Waals surface area contributed by atoms with Crippen molar-refractivity contribution in [3.8, 4) is 0 Å². The van der Waals surface area contributed by atoms with E-state index in [0.717, 1.165) is 10.8 Å². The van der Waals surface area contributed by atoms with E-state index in [1.54, 1.807) is 17.0 Å². The van der Waals surface area contributed by atoms with E-state index in [1.165, 1.54) is 9.87 Å². The van der Waals surface area contributed by atoms with Gasteiger partial charge in [-0.05, 0) is 42.3 Å². The molecule has 0 radical (unpaired) electrons. The van der Waals surface area contributed by atoms with Crippen LogP contribution in [-0.2, 0) is 21.4 Å². The third-order valence-electron chi connectivity index (χ3n) is 6.25. The quantitative estimate of drug-likeness (QED) is 0.535. The summed E-state index contributed by atoms with van der Waals surface area (Å²) in [5.41, 5.74) is 1.17. The summed E-state index contributed by atoms with van der Waals surface area (Å²) in [5, 5.41) is 1.91. The Bertz CT molecular complexity index is 1200. The number of amides is 1. The van der Waals surface area contributed by atoms with Gasteiger partial charge in [-0.3, -0.25) is 9.69 Å². The fraction of sp³-hybridized carbons (Fsp3) is 0.346. The maximum absolute atomic E-state index is 13.2. The van der Waals surface area contributed by atoms with Gasteiger partial charge in [0.05, 0.1) is 11.4 Å². The Hall–Kier alpha value is -2.74. The van der Waals surface area contributed by atoms with Gasteiger partial charge in [-0.1, -0.05) is 60.7 Å². The Labute approximate surface area is 196 Å². The molecular weight excluding hydrogens is 434 g/mol. The SMILES string of the molecule is CC(C)N(CC(=O)N1CCN(S(=O)(=O)c2ccc3ccccc3c2)CC1)Cc1ccccc1. The predicted molar refractivity (Wildman–Crippen MR) is 131 cm³/mol. The van der Waals surface area contributed by atoms with Crippen molar-refractivity contribution >= 4 is 26.7 Å². The third-order valence-corrected chi connectivity index (χ3v) is 8.14. The molecular formula is C26H31N3O3S. The lowest BCUT2D eigenvalue weighted by atomic mass is 10.1. The number of rotatable bonds is 7. The fourth-order valence-corrected chi connectivity index (χ4v) is 5.63. The highest BCUT2D eigenvalue weighted by atomic mass is 32.2. The third kappa shape index (κ3) is 5.43. The number of piperazine rings is 1. The Morgan fingerprint density at radius 2 is 1.52 bits per heavy atom. The first kappa shape index (κ1) is 23.4. The van der Waals surface area contributed by atoms with Crippen LogP contribution in [0.1, 0.15) is 19.4 Å². The molecule has 4 rings (SSSR count). The maximum Gasteiger partial charge on any atom is 0.243 e. The molecule has 0 saturated carbocycles. The molecule has 0 bridgehead atoms. The van der Waals surface area contributed by atoms with Crippen LogP contribution in [-0.4, -0.2) is 67.2 Å². The van der Waals surface area contributed by atoms with Crippen LogP contribution in [0.4, 0.5) is 0 Å². The van der Waals surface area contributed by atoms with Crippen molar-refractivity contribution in [2.45, 2.75) is 31.3 Å². The summed E-state index contributed by atoms with van der Waals surface area (Å²) >= 11 is 0. The van der Waals surface area contributed by atoms with Crippen molar-refractivity contribution < 1.29 is 13.2 Å². The van der Waals surface area contributed by atoms with E-state index in [1.807, 2.05) is 48.5 Å². The number of hydrogen-bond donors (Lipinski definition) is 0. The van der Waals surface area contributed by atoms with Crippen LogP contribution in [0.3, 0.4) is 0 Å². The molecule has 3 aromatic rings. The largest absolute Gasteiger partial charge is 0.339 e. The van der Waals surface area contributed by atoms with Crippen molar-refractivity contribution in [1.82, 2.24) is 14.1 Å². The van der Waals surface area contributed by atoms with E-state index in [0.29, 0.717) is 44.2 Å². The number of fused-ring (bicyclic) bond motifs is 1. The molecule has 1 aliphatic heterocycles. The lowest BCUT2D eigenvalue weighted by molar-refractivity contribution is -0.134. The second kappa shape index (κ2) is 10.0. The van der Waals surface area contributed by atoms with E-state index in [-0.39, 0.29) is 11.9 Å². The topological polar surface area (TPSA) is 60.9 Å². The highest BCUT2D eigenvalue weighted by molar-refractivity contribution is 7.89. The molecule has 0 unspecified atom stereocenters. The second-order valence-corrected chi connectivity index (χ2v) is 10.7. The molecule has 6 nitrogen and oxygen atoms in total. The Kier molecular flexibility index (Phi) is 7.12. The standard InChI is InChI=1S/C26H31N3O3S/c1-21(2)28(19-22-8-4-3-5-9-22)20-26(30)27-14-16-29(17-15-27)33(31,32)25-13-12-23-10-6-7-11-24(23)18-25/h3-13,18,21H,14-17,19-20H2,1-2H3. The molecule has 1 fully saturated rings. The molecule has 0 aliphatic carbocycles. The maximum atomic E-state index is 13.2. The molecule has 7 heteroatoms. The molecule has 1 heterocycles.